The highest BCUT2D eigenvalue weighted by atomic mass is 19.1. The highest BCUT2D eigenvalue weighted by molar-refractivity contribution is 5.95. The average Bonchev–Trinajstić information content (AvgIpc) is 3.29. The van der Waals surface area contributed by atoms with Crippen molar-refractivity contribution < 1.29 is 33.0 Å². The molecule has 0 bridgehead atoms. The molecule has 0 spiro atoms. The number of ether oxygens (including phenoxy) is 3. The third kappa shape index (κ3) is 7.03. The van der Waals surface area contributed by atoms with Crippen LogP contribution in [-0.4, -0.2) is 45.8 Å². The van der Waals surface area contributed by atoms with Gasteiger partial charge in [-0.05, 0) is 31.9 Å². The van der Waals surface area contributed by atoms with Crippen molar-refractivity contribution in [3.8, 4) is 0 Å². The fraction of sp³-hybridized carbons (Fsp3) is 0.519. The molecule has 1 saturated heterocycles. The van der Waals surface area contributed by atoms with E-state index in [1.54, 1.807) is 19.1 Å². The van der Waals surface area contributed by atoms with Gasteiger partial charge in [-0.3, -0.25) is 23.7 Å². The fourth-order valence-corrected chi connectivity index (χ4v) is 4.10. The van der Waals surface area contributed by atoms with Crippen LogP contribution in [-0.2, 0) is 23.8 Å². The van der Waals surface area contributed by atoms with E-state index in [-0.39, 0.29) is 36.0 Å². The van der Waals surface area contributed by atoms with Crippen molar-refractivity contribution in [2.45, 2.75) is 84.2 Å². The van der Waals surface area contributed by atoms with E-state index in [9.17, 15) is 28.4 Å². The van der Waals surface area contributed by atoms with Gasteiger partial charge in [0.2, 0.25) is 5.82 Å². The standard InChI is InChI=1S/C27H33FN2O8/c1-4-6-11-23(31)36-16-21-20(38-24(32)12-7-5-2)14-22(37-21)29-15-19(28)26(34)30(27(29)35)25(33)18-10-8-9-17(3)13-18/h8-10,13,15,20-22H,4-7,11-12,14,16H2,1-3H3/t20-,21+,22+/m0/s1. The molecule has 0 radical (unpaired) electrons. The van der Waals surface area contributed by atoms with E-state index in [0.29, 0.717) is 24.6 Å². The van der Waals surface area contributed by atoms with E-state index in [0.717, 1.165) is 17.4 Å². The van der Waals surface area contributed by atoms with Crippen LogP contribution in [0, 0.1) is 12.7 Å². The summed E-state index contributed by atoms with van der Waals surface area (Å²) < 4.78 is 32.4. The minimum atomic E-state index is -1.39. The number of nitrogens with zero attached hydrogens (tertiary/aromatic N) is 2. The summed E-state index contributed by atoms with van der Waals surface area (Å²) in [5.41, 5.74) is -1.75. The normalized spacial score (nSPS) is 18.8. The summed E-state index contributed by atoms with van der Waals surface area (Å²) in [6.07, 6.45) is 0.809. The molecule has 206 valence electrons. The van der Waals surface area contributed by atoms with Gasteiger partial charge in [0.1, 0.15) is 25.0 Å². The van der Waals surface area contributed by atoms with Crippen LogP contribution < -0.4 is 11.2 Å². The summed E-state index contributed by atoms with van der Waals surface area (Å²) in [6, 6.07) is 6.20. The van der Waals surface area contributed by atoms with Gasteiger partial charge in [0.05, 0.1) is 6.20 Å². The number of unbranched alkanes of at least 4 members (excludes halogenated alkanes) is 2. The van der Waals surface area contributed by atoms with E-state index >= 15 is 0 Å². The van der Waals surface area contributed by atoms with Crippen LogP contribution >= 0.6 is 0 Å². The number of benzene rings is 1. The summed E-state index contributed by atoms with van der Waals surface area (Å²) >= 11 is 0. The highest BCUT2D eigenvalue weighted by Gasteiger charge is 2.41. The summed E-state index contributed by atoms with van der Waals surface area (Å²) in [7, 11) is 0. The molecule has 3 rings (SSSR count). The molecule has 3 atom stereocenters. The predicted molar refractivity (Wildman–Crippen MR) is 134 cm³/mol. The van der Waals surface area contributed by atoms with Gasteiger partial charge in [0, 0.05) is 24.8 Å². The second-order valence-corrected chi connectivity index (χ2v) is 9.27. The predicted octanol–water partition coefficient (Wildman–Crippen LogP) is 3.27. The molecule has 1 aliphatic rings. The Bertz CT molecular complexity index is 1280. The Labute approximate surface area is 219 Å². The van der Waals surface area contributed by atoms with Crippen molar-refractivity contribution in [2.24, 2.45) is 0 Å². The van der Waals surface area contributed by atoms with Crippen LogP contribution in [0.15, 0.2) is 40.1 Å². The monoisotopic (exact) mass is 532 g/mol. The van der Waals surface area contributed by atoms with E-state index in [1.165, 1.54) is 12.1 Å². The van der Waals surface area contributed by atoms with Crippen LogP contribution in [0.25, 0.3) is 0 Å². The molecule has 1 fully saturated rings. The molecule has 1 aromatic heterocycles. The Balaban J connectivity index is 1.90. The Morgan fingerprint density at radius 1 is 1.08 bits per heavy atom. The quantitative estimate of drug-likeness (QED) is 0.404. The fourth-order valence-electron chi connectivity index (χ4n) is 4.10. The summed E-state index contributed by atoms with van der Waals surface area (Å²) in [5.74, 6) is -3.25. The summed E-state index contributed by atoms with van der Waals surface area (Å²) in [5, 5.41) is 0. The molecule has 1 aromatic carbocycles. The van der Waals surface area contributed by atoms with Gasteiger partial charge in [-0.2, -0.15) is 8.96 Å². The van der Waals surface area contributed by atoms with E-state index in [1.807, 2.05) is 13.8 Å². The number of rotatable bonds is 11. The van der Waals surface area contributed by atoms with Crippen LogP contribution in [0.1, 0.15) is 80.9 Å². The Morgan fingerprint density at radius 3 is 2.42 bits per heavy atom. The van der Waals surface area contributed by atoms with Gasteiger partial charge < -0.3 is 14.2 Å². The first kappa shape index (κ1) is 29.0. The molecule has 0 N–H and O–H groups in total. The van der Waals surface area contributed by atoms with Crippen LogP contribution in [0.5, 0.6) is 0 Å². The maximum Gasteiger partial charge on any atom is 0.340 e. The van der Waals surface area contributed by atoms with E-state index in [2.05, 4.69) is 0 Å². The molecule has 1 aliphatic heterocycles. The number of esters is 2. The second kappa shape index (κ2) is 13.3. The molecule has 38 heavy (non-hydrogen) atoms. The molecular formula is C27H33FN2O8. The van der Waals surface area contributed by atoms with E-state index in [4.69, 9.17) is 14.2 Å². The van der Waals surface area contributed by atoms with Crippen molar-refractivity contribution in [1.82, 2.24) is 9.13 Å². The van der Waals surface area contributed by atoms with Gasteiger partial charge in [-0.1, -0.05) is 44.4 Å². The zero-order chi connectivity index (χ0) is 27.8. The number of halogens is 1. The minimum absolute atomic E-state index is 0.0355. The summed E-state index contributed by atoms with van der Waals surface area (Å²) in [4.78, 5) is 63.1. The number of carbonyl (C=O) groups excluding carboxylic acids is 3. The molecule has 11 heteroatoms. The third-order valence-electron chi connectivity index (χ3n) is 6.19. The minimum Gasteiger partial charge on any atom is -0.463 e. The average molecular weight is 533 g/mol. The van der Waals surface area contributed by atoms with Crippen molar-refractivity contribution >= 4 is 17.8 Å². The van der Waals surface area contributed by atoms with Gasteiger partial charge in [-0.25, -0.2) is 4.79 Å². The number of aryl methyl sites for hydroxylation is 1. The Morgan fingerprint density at radius 2 is 1.76 bits per heavy atom. The topological polar surface area (TPSA) is 123 Å². The third-order valence-corrected chi connectivity index (χ3v) is 6.19. The lowest BCUT2D eigenvalue weighted by atomic mass is 10.1. The zero-order valence-corrected chi connectivity index (χ0v) is 21.8. The van der Waals surface area contributed by atoms with Crippen molar-refractivity contribution in [1.29, 1.82) is 0 Å². The Hall–Kier alpha value is -3.60. The van der Waals surface area contributed by atoms with Gasteiger partial charge in [0.15, 0.2) is 0 Å². The molecule has 0 unspecified atom stereocenters. The van der Waals surface area contributed by atoms with Crippen LogP contribution in [0.2, 0.25) is 0 Å². The van der Waals surface area contributed by atoms with Crippen molar-refractivity contribution in [3.63, 3.8) is 0 Å². The Kier molecular flexibility index (Phi) is 10.1. The molecule has 0 amide bonds. The number of hydrogen-bond acceptors (Lipinski definition) is 8. The van der Waals surface area contributed by atoms with Crippen LogP contribution in [0.3, 0.4) is 0 Å². The molecule has 2 heterocycles. The van der Waals surface area contributed by atoms with Gasteiger partial charge in [0.25, 0.3) is 11.5 Å². The molecule has 2 aromatic rings. The lowest BCUT2D eigenvalue weighted by molar-refractivity contribution is -0.158. The van der Waals surface area contributed by atoms with E-state index < -0.39 is 53.3 Å². The molecule has 10 nitrogen and oxygen atoms in total. The molecule has 0 aliphatic carbocycles. The molecular weight excluding hydrogens is 499 g/mol. The lowest BCUT2D eigenvalue weighted by Gasteiger charge is -2.19. The second-order valence-electron chi connectivity index (χ2n) is 9.27. The number of aromatic nitrogens is 2. The zero-order valence-electron chi connectivity index (χ0n) is 21.8. The lowest BCUT2D eigenvalue weighted by Crippen LogP contribution is -2.46. The van der Waals surface area contributed by atoms with Gasteiger partial charge >= 0.3 is 17.6 Å². The van der Waals surface area contributed by atoms with Crippen molar-refractivity contribution in [3.05, 3.63) is 68.2 Å². The SMILES string of the molecule is CCCCC(=O)OC[C@H]1O[C@@H](n2cc(F)c(=O)n(C(=O)c3cccc(C)c3)c2=O)C[C@@H]1OC(=O)CCCC. The summed E-state index contributed by atoms with van der Waals surface area (Å²) in [6.45, 7) is 5.34. The first-order chi connectivity index (χ1) is 18.2. The first-order valence-corrected chi connectivity index (χ1v) is 12.8. The largest absolute Gasteiger partial charge is 0.463 e. The highest BCUT2D eigenvalue weighted by Crippen LogP contribution is 2.31. The number of carbonyl (C=O) groups is 3. The van der Waals surface area contributed by atoms with Gasteiger partial charge in [-0.15, -0.1) is 0 Å². The van der Waals surface area contributed by atoms with Crippen LogP contribution in [0.4, 0.5) is 4.39 Å². The first-order valence-electron chi connectivity index (χ1n) is 12.8. The number of hydrogen-bond donors (Lipinski definition) is 0. The smallest absolute Gasteiger partial charge is 0.340 e. The maximum atomic E-state index is 14.7. The molecule has 0 saturated carbocycles. The maximum absolute atomic E-state index is 14.7. The van der Waals surface area contributed by atoms with Crippen molar-refractivity contribution in [2.75, 3.05) is 6.61 Å².